The highest BCUT2D eigenvalue weighted by Gasteiger charge is 2.21. The van der Waals surface area contributed by atoms with Crippen molar-refractivity contribution >= 4 is 29.1 Å². The van der Waals surface area contributed by atoms with Gasteiger partial charge in [-0.2, -0.15) is 0 Å². The number of hydrogen-bond acceptors (Lipinski definition) is 7. The van der Waals surface area contributed by atoms with Gasteiger partial charge in [0.2, 0.25) is 0 Å². The van der Waals surface area contributed by atoms with Gasteiger partial charge in [0.1, 0.15) is 0 Å². The summed E-state index contributed by atoms with van der Waals surface area (Å²) in [6, 6.07) is 16.3. The number of carbonyl (C=O) groups is 2. The molecule has 2 heterocycles. The molecule has 0 bridgehead atoms. The number of ketones is 1. The van der Waals surface area contributed by atoms with Gasteiger partial charge in [-0.1, -0.05) is 34.7 Å². The molecular formula is C23H20N6O2S. The van der Waals surface area contributed by atoms with Crippen LogP contribution in [0.25, 0.3) is 5.69 Å². The standard InChI is InChI=1S/C23H20N6O2S/c1-15-4-10-19(11-5-15)29-20(14-32-23-24-12-3-13-25-23)21(27-28-29)22(31)26-18-8-6-17(7-9-18)16(2)30/h3-13H,14H2,1-2H3,(H,26,31). The summed E-state index contributed by atoms with van der Waals surface area (Å²) in [6.07, 6.45) is 3.34. The number of benzene rings is 2. The fraction of sp³-hybridized carbons (Fsp3) is 0.130. The van der Waals surface area contributed by atoms with Crippen LogP contribution < -0.4 is 5.32 Å². The molecule has 2 aromatic heterocycles. The zero-order valence-electron chi connectivity index (χ0n) is 17.5. The number of Topliss-reactive ketones (excluding diaryl/α,β-unsaturated/α-hetero) is 1. The topological polar surface area (TPSA) is 103 Å². The molecule has 4 rings (SSSR count). The van der Waals surface area contributed by atoms with Crippen molar-refractivity contribution in [3.63, 3.8) is 0 Å². The molecule has 32 heavy (non-hydrogen) atoms. The quantitative estimate of drug-likeness (QED) is 0.260. The molecule has 0 saturated heterocycles. The molecule has 0 aliphatic rings. The van der Waals surface area contributed by atoms with Crippen LogP contribution in [-0.4, -0.2) is 36.7 Å². The Morgan fingerprint density at radius 3 is 2.34 bits per heavy atom. The first kappa shape index (κ1) is 21.4. The molecule has 0 atom stereocenters. The maximum absolute atomic E-state index is 13.0. The van der Waals surface area contributed by atoms with Gasteiger partial charge in [-0.25, -0.2) is 14.6 Å². The number of aromatic nitrogens is 5. The van der Waals surface area contributed by atoms with Crippen molar-refractivity contribution in [2.24, 2.45) is 0 Å². The number of aryl methyl sites for hydroxylation is 1. The molecule has 0 saturated carbocycles. The molecule has 1 N–H and O–H groups in total. The Balaban J connectivity index is 1.63. The van der Waals surface area contributed by atoms with Crippen LogP contribution >= 0.6 is 11.8 Å². The van der Waals surface area contributed by atoms with Crippen LogP contribution in [0.3, 0.4) is 0 Å². The average molecular weight is 445 g/mol. The Labute approximate surface area is 189 Å². The summed E-state index contributed by atoms with van der Waals surface area (Å²) in [7, 11) is 0. The van der Waals surface area contributed by atoms with Crippen LogP contribution in [0.4, 0.5) is 5.69 Å². The fourth-order valence-electron chi connectivity index (χ4n) is 2.97. The maximum Gasteiger partial charge on any atom is 0.278 e. The minimum Gasteiger partial charge on any atom is -0.321 e. The Kier molecular flexibility index (Phi) is 6.37. The lowest BCUT2D eigenvalue weighted by molar-refractivity contribution is 0.101. The Bertz CT molecular complexity index is 1240. The van der Waals surface area contributed by atoms with Crippen molar-refractivity contribution in [2.75, 3.05) is 5.32 Å². The minimum atomic E-state index is -0.386. The monoisotopic (exact) mass is 444 g/mol. The Hall–Kier alpha value is -3.85. The van der Waals surface area contributed by atoms with Crippen molar-refractivity contribution in [3.05, 3.63) is 89.5 Å². The van der Waals surface area contributed by atoms with Gasteiger partial charge in [0.25, 0.3) is 5.91 Å². The lowest BCUT2D eigenvalue weighted by Gasteiger charge is -2.09. The first-order valence-corrected chi connectivity index (χ1v) is 10.8. The highest BCUT2D eigenvalue weighted by molar-refractivity contribution is 7.98. The SMILES string of the molecule is CC(=O)c1ccc(NC(=O)c2nnn(-c3ccc(C)cc3)c2CSc2ncccn2)cc1. The van der Waals surface area contributed by atoms with Crippen molar-refractivity contribution in [2.45, 2.75) is 24.8 Å². The van der Waals surface area contributed by atoms with Gasteiger partial charge in [-0.15, -0.1) is 5.10 Å². The average Bonchev–Trinajstić information content (AvgIpc) is 3.23. The van der Waals surface area contributed by atoms with E-state index in [-0.39, 0.29) is 17.4 Å². The number of amides is 1. The Morgan fingerprint density at radius 2 is 1.69 bits per heavy atom. The van der Waals surface area contributed by atoms with Crippen LogP contribution in [-0.2, 0) is 5.75 Å². The zero-order chi connectivity index (χ0) is 22.5. The molecule has 0 aliphatic carbocycles. The van der Waals surface area contributed by atoms with Gasteiger partial charge in [0.05, 0.1) is 11.4 Å². The lowest BCUT2D eigenvalue weighted by Crippen LogP contribution is -2.15. The third-order valence-electron chi connectivity index (χ3n) is 4.69. The van der Waals surface area contributed by atoms with E-state index in [1.165, 1.54) is 18.7 Å². The largest absolute Gasteiger partial charge is 0.321 e. The molecule has 0 fully saturated rings. The molecule has 2 aromatic carbocycles. The van der Waals surface area contributed by atoms with Crippen LogP contribution in [0.1, 0.15) is 39.0 Å². The van der Waals surface area contributed by atoms with Crippen LogP contribution in [0.15, 0.2) is 72.1 Å². The molecule has 160 valence electrons. The predicted octanol–water partition coefficient (Wildman–Crippen LogP) is 4.11. The van der Waals surface area contributed by atoms with E-state index in [9.17, 15) is 9.59 Å². The summed E-state index contributed by atoms with van der Waals surface area (Å²) in [6.45, 7) is 3.50. The summed E-state index contributed by atoms with van der Waals surface area (Å²) in [5.41, 5.74) is 3.91. The number of nitrogens with one attached hydrogen (secondary N) is 1. The molecule has 0 unspecified atom stereocenters. The lowest BCUT2D eigenvalue weighted by atomic mass is 10.1. The third-order valence-corrected chi connectivity index (χ3v) is 5.57. The molecule has 9 heteroatoms. The summed E-state index contributed by atoms with van der Waals surface area (Å²) < 4.78 is 1.66. The minimum absolute atomic E-state index is 0.0358. The van der Waals surface area contributed by atoms with E-state index in [1.54, 1.807) is 47.4 Å². The van der Waals surface area contributed by atoms with Crippen molar-refractivity contribution in [1.29, 1.82) is 0 Å². The second-order valence-corrected chi connectivity index (χ2v) is 7.98. The summed E-state index contributed by atoms with van der Waals surface area (Å²) in [5.74, 6) is -0.0217. The zero-order valence-corrected chi connectivity index (χ0v) is 18.3. The molecule has 8 nitrogen and oxygen atoms in total. The second-order valence-electron chi connectivity index (χ2n) is 7.04. The van der Waals surface area contributed by atoms with E-state index < -0.39 is 0 Å². The molecule has 4 aromatic rings. The number of hydrogen-bond donors (Lipinski definition) is 1. The first-order valence-electron chi connectivity index (χ1n) is 9.85. The van der Waals surface area contributed by atoms with Gasteiger partial charge in [-0.3, -0.25) is 9.59 Å². The molecule has 0 spiro atoms. The molecule has 0 radical (unpaired) electrons. The van der Waals surface area contributed by atoms with Crippen LogP contribution in [0, 0.1) is 6.92 Å². The van der Waals surface area contributed by atoms with E-state index in [0.29, 0.717) is 27.9 Å². The van der Waals surface area contributed by atoms with E-state index in [0.717, 1.165) is 11.3 Å². The maximum atomic E-state index is 13.0. The third kappa shape index (κ3) is 4.89. The van der Waals surface area contributed by atoms with Crippen molar-refractivity contribution < 1.29 is 9.59 Å². The summed E-state index contributed by atoms with van der Waals surface area (Å²) in [5, 5.41) is 11.8. The highest BCUT2D eigenvalue weighted by Crippen LogP contribution is 2.23. The van der Waals surface area contributed by atoms with Crippen LogP contribution in [0.2, 0.25) is 0 Å². The van der Waals surface area contributed by atoms with E-state index in [1.807, 2.05) is 31.2 Å². The van der Waals surface area contributed by atoms with Gasteiger partial charge >= 0.3 is 0 Å². The van der Waals surface area contributed by atoms with Gasteiger partial charge in [-0.05, 0) is 56.3 Å². The summed E-state index contributed by atoms with van der Waals surface area (Å²) >= 11 is 1.39. The Morgan fingerprint density at radius 1 is 1.00 bits per heavy atom. The predicted molar refractivity (Wildman–Crippen MR) is 122 cm³/mol. The molecular weight excluding hydrogens is 424 g/mol. The number of carbonyl (C=O) groups excluding carboxylic acids is 2. The number of anilines is 1. The van der Waals surface area contributed by atoms with Gasteiger partial charge in [0, 0.05) is 29.4 Å². The van der Waals surface area contributed by atoms with E-state index in [4.69, 9.17) is 0 Å². The number of nitrogens with zero attached hydrogens (tertiary/aromatic N) is 5. The van der Waals surface area contributed by atoms with Gasteiger partial charge in [0.15, 0.2) is 16.6 Å². The van der Waals surface area contributed by atoms with Crippen LogP contribution in [0.5, 0.6) is 0 Å². The molecule has 1 amide bonds. The molecule has 0 aliphatic heterocycles. The smallest absolute Gasteiger partial charge is 0.278 e. The number of rotatable bonds is 7. The van der Waals surface area contributed by atoms with Gasteiger partial charge < -0.3 is 5.32 Å². The number of thioether (sulfide) groups is 1. The highest BCUT2D eigenvalue weighted by atomic mass is 32.2. The van der Waals surface area contributed by atoms with Crippen molar-refractivity contribution in [3.8, 4) is 5.69 Å². The van der Waals surface area contributed by atoms with E-state index >= 15 is 0 Å². The normalized spacial score (nSPS) is 10.7. The van der Waals surface area contributed by atoms with E-state index in [2.05, 4.69) is 25.6 Å². The van der Waals surface area contributed by atoms with Crippen molar-refractivity contribution in [1.82, 2.24) is 25.0 Å². The fourth-order valence-corrected chi connectivity index (χ4v) is 3.77. The second kappa shape index (κ2) is 9.52. The summed E-state index contributed by atoms with van der Waals surface area (Å²) in [4.78, 5) is 33.0. The first-order chi connectivity index (χ1) is 15.5.